The summed E-state index contributed by atoms with van der Waals surface area (Å²) in [6.07, 6.45) is 2.25. The highest BCUT2D eigenvalue weighted by Gasteiger charge is 2.09. The van der Waals surface area contributed by atoms with E-state index in [9.17, 15) is 5.11 Å². The van der Waals surface area contributed by atoms with E-state index >= 15 is 0 Å². The van der Waals surface area contributed by atoms with Crippen LogP contribution in [0.3, 0.4) is 0 Å². The predicted octanol–water partition coefficient (Wildman–Crippen LogP) is 6.84. The average Bonchev–Trinajstić information content (AvgIpc) is 2.67. The van der Waals surface area contributed by atoms with Crippen molar-refractivity contribution in [1.82, 2.24) is 0 Å². The molecule has 3 rings (SSSR count). The number of thioether (sulfide) groups is 2. The molecule has 0 fully saturated rings. The number of hydrogen-bond acceptors (Lipinski definition) is 3. The van der Waals surface area contributed by atoms with Gasteiger partial charge in [0, 0.05) is 14.0 Å². The van der Waals surface area contributed by atoms with Gasteiger partial charge < -0.3 is 5.11 Å². The first-order valence-electron chi connectivity index (χ1n) is 8.61. The molecule has 132 valence electrons. The van der Waals surface area contributed by atoms with Crippen molar-refractivity contribution in [1.29, 1.82) is 0 Å². The van der Waals surface area contributed by atoms with E-state index in [0.717, 1.165) is 5.56 Å². The van der Waals surface area contributed by atoms with Crippen LogP contribution >= 0.6 is 23.5 Å². The van der Waals surface area contributed by atoms with Crippen molar-refractivity contribution in [2.24, 2.45) is 0 Å². The molecule has 1 nitrogen and oxygen atoms in total. The normalized spacial score (nSPS) is 11.8. The molecule has 0 aromatic heterocycles. The zero-order chi connectivity index (χ0) is 18.2. The Morgan fingerprint density at radius 3 is 1.96 bits per heavy atom. The second kappa shape index (κ2) is 9.67. The van der Waals surface area contributed by atoms with E-state index in [4.69, 9.17) is 0 Å². The first-order chi connectivity index (χ1) is 12.7. The highest BCUT2D eigenvalue weighted by Crippen LogP contribution is 2.40. The highest BCUT2D eigenvalue weighted by molar-refractivity contribution is 8.22. The first kappa shape index (κ1) is 18.8. The molecule has 1 N–H and O–H groups in total. The Labute approximate surface area is 164 Å². The Hall–Kier alpha value is -1.94. The van der Waals surface area contributed by atoms with Gasteiger partial charge in [0.05, 0.1) is 6.10 Å². The molecule has 1 atom stereocenters. The molecule has 0 saturated heterocycles. The fraction of sp³-hybridized carbons (Fsp3) is 0.130. The Kier molecular flexibility index (Phi) is 7.01. The summed E-state index contributed by atoms with van der Waals surface area (Å²) in [6, 6.07) is 28.8. The van der Waals surface area contributed by atoms with E-state index in [1.807, 2.05) is 43.3 Å². The fourth-order valence-corrected chi connectivity index (χ4v) is 4.69. The van der Waals surface area contributed by atoms with Gasteiger partial charge in [0.15, 0.2) is 0 Å². The molecule has 0 heterocycles. The lowest BCUT2D eigenvalue weighted by atomic mass is 10.0. The standard InChI is InChI=1S/C23H22OS2/c1-18-9-8-10-19(17-18)22(24)15-16-23(25-20-11-4-2-5-12-20)26-21-13-6-3-7-14-21/h2-14,16-17,22,24H,15H2,1H3/t22-/m1/s1. The summed E-state index contributed by atoms with van der Waals surface area (Å²) in [7, 11) is 0. The summed E-state index contributed by atoms with van der Waals surface area (Å²) in [5.74, 6) is 0. The first-order valence-corrected chi connectivity index (χ1v) is 10.2. The average molecular weight is 379 g/mol. The highest BCUT2D eigenvalue weighted by atomic mass is 32.2. The van der Waals surface area contributed by atoms with Crippen molar-refractivity contribution in [3.05, 3.63) is 106 Å². The van der Waals surface area contributed by atoms with Gasteiger partial charge in [0.2, 0.25) is 0 Å². The van der Waals surface area contributed by atoms with Crippen LogP contribution in [0.4, 0.5) is 0 Å². The van der Waals surface area contributed by atoms with Crippen molar-refractivity contribution in [3.8, 4) is 0 Å². The van der Waals surface area contributed by atoms with E-state index < -0.39 is 6.10 Å². The molecule has 0 unspecified atom stereocenters. The number of aliphatic hydroxyl groups is 1. The molecule has 26 heavy (non-hydrogen) atoms. The largest absolute Gasteiger partial charge is 0.388 e. The van der Waals surface area contributed by atoms with Crippen LogP contribution in [0.25, 0.3) is 0 Å². The van der Waals surface area contributed by atoms with Crippen molar-refractivity contribution >= 4 is 23.5 Å². The number of hydrogen-bond donors (Lipinski definition) is 1. The maximum Gasteiger partial charge on any atom is 0.0825 e. The van der Waals surface area contributed by atoms with Gasteiger partial charge in [-0.15, -0.1) is 0 Å². The molecule has 0 radical (unpaired) electrons. The van der Waals surface area contributed by atoms with E-state index in [1.54, 1.807) is 23.5 Å². The van der Waals surface area contributed by atoms with Crippen LogP contribution in [0.5, 0.6) is 0 Å². The summed E-state index contributed by atoms with van der Waals surface area (Å²) in [6.45, 7) is 2.05. The van der Waals surface area contributed by atoms with Gasteiger partial charge in [0.25, 0.3) is 0 Å². The van der Waals surface area contributed by atoms with Crippen LogP contribution in [0.15, 0.2) is 105 Å². The molecule has 0 aliphatic rings. The van der Waals surface area contributed by atoms with Crippen molar-refractivity contribution in [2.75, 3.05) is 0 Å². The van der Waals surface area contributed by atoms with Crippen LogP contribution in [-0.4, -0.2) is 5.11 Å². The summed E-state index contributed by atoms with van der Waals surface area (Å²) in [5, 5.41) is 10.6. The molecule has 3 aromatic carbocycles. The molecule has 0 aliphatic heterocycles. The Morgan fingerprint density at radius 1 is 0.846 bits per heavy atom. The Balaban J connectivity index is 1.76. The van der Waals surface area contributed by atoms with Crippen molar-refractivity contribution < 1.29 is 5.11 Å². The molecule has 0 saturated carbocycles. The minimum absolute atomic E-state index is 0.488. The lowest BCUT2D eigenvalue weighted by Gasteiger charge is -2.12. The molecule has 0 spiro atoms. The minimum Gasteiger partial charge on any atom is -0.388 e. The maximum absolute atomic E-state index is 10.6. The second-order valence-corrected chi connectivity index (χ2v) is 8.51. The van der Waals surface area contributed by atoms with Crippen molar-refractivity contribution in [3.63, 3.8) is 0 Å². The lowest BCUT2D eigenvalue weighted by molar-refractivity contribution is 0.181. The number of aryl methyl sites for hydroxylation is 1. The maximum atomic E-state index is 10.6. The molecule has 0 bridgehead atoms. The Morgan fingerprint density at radius 2 is 1.42 bits per heavy atom. The third-order valence-corrected chi connectivity index (χ3v) is 6.11. The van der Waals surface area contributed by atoms with E-state index in [-0.39, 0.29) is 0 Å². The van der Waals surface area contributed by atoms with Gasteiger partial charge in [-0.1, -0.05) is 95.8 Å². The SMILES string of the molecule is Cc1cccc([C@H](O)CC=C(Sc2ccccc2)Sc2ccccc2)c1. The summed E-state index contributed by atoms with van der Waals surface area (Å²) in [5.41, 5.74) is 2.14. The molecule has 3 aromatic rings. The third kappa shape index (κ3) is 5.80. The van der Waals surface area contributed by atoms with Crippen LogP contribution in [0, 0.1) is 6.92 Å². The van der Waals surface area contributed by atoms with Gasteiger partial charge in [-0.3, -0.25) is 0 Å². The van der Waals surface area contributed by atoms with Crippen LogP contribution in [-0.2, 0) is 0 Å². The van der Waals surface area contributed by atoms with Crippen LogP contribution in [0.2, 0.25) is 0 Å². The zero-order valence-corrected chi connectivity index (χ0v) is 16.3. The predicted molar refractivity (Wildman–Crippen MR) is 113 cm³/mol. The van der Waals surface area contributed by atoms with Crippen molar-refractivity contribution in [2.45, 2.75) is 29.2 Å². The third-order valence-electron chi connectivity index (χ3n) is 3.86. The van der Waals surface area contributed by atoms with Crippen LogP contribution < -0.4 is 0 Å². The number of rotatable bonds is 7. The van der Waals surface area contributed by atoms with Gasteiger partial charge in [-0.2, -0.15) is 0 Å². The minimum atomic E-state index is -0.488. The second-order valence-electron chi connectivity index (χ2n) is 6.02. The van der Waals surface area contributed by atoms with Crippen LogP contribution in [0.1, 0.15) is 23.7 Å². The molecular formula is C23H22OS2. The number of aliphatic hydroxyl groups excluding tert-OH is 1. The topological polar surface area (TPSA) is 20.2 Å². The van der Waals surface area contributed by atoms with Gasteiger partial charge in [-0.25, -0.2) is 0 Å². The number of benzene rings is 3. The van der Waals surface area contributed by atoms with Gasteiger partial charge in [-0.05, 0) is 43.2 Å². The molecule has 3 heteroatoms. The van der Waals surface area contributed by atoms with E-state index in [0.29, 0.717) is 6.42 Å². The van der Waals surface area contributed by atoms with E-state index in [2.05, 4.69) is 54.6 Å². The smallest absolute Gasteiger partial charge is 0.0825 e. The zero-order valence-electron chi connectivity index (χ0n) is 14.7. The van der Waals surface area contributed by atoms with Gasteiger partial charge >= 0.3 is 0 Å². The molecular weight excluding hydrogens is 356 g/mol. The summed E-state index contributed by atoms with van der Waals surface area (Å²) in [4.78, 5) is 2.40. The van der Waals surface area contributed by atoms with Gasteiger partial charge in [0.1, 0.15) is 0 Å². The molecule has 0 amide bonds. The quantitative estimate of drug-likeness (QED) is 0.454. The Bertz CT molecular complexity index is 801. The molecule has 0 aliphatic carbocycles. The van der Waals surface area contributed by atoms with E-state index in [1.165, 1.54) is 19.6 Å². The lowest BCUT2D eigenvalue weighted by Crippen LogP contribution is -1.96. The summed E-state index contributed by atoms with van der Waals surface area (Å²) < 4.78 is 1.18. The monoisotopic (exact) mass is 378 g/mol. The summed E-state index contributed by atoms with van der Waals surface area (Å²) >= 11 is 3.47. The fourth-order valence-electron chi connectivity index (χ4n) is 2.53.